The van der Waals surface area contributed by atoms with Gasteiger partial charge in [0.05, 0.1) is 37.4 Å². The first-order valence-corrected chi connectivity index (χ1v) is 10.2. The van der Waals surface area contributed by atoms with Gasteiger partial charge in [-0.25, -0.2) is 4.90 Å². The summed E-state index contributed by atoms with van der Waals surface area (Å²) in [5, 5.41) is 2.82. The van der Waals surface area contributed by atoms with E-state index in [0.29, 0.717) is 28.4 Å². The van der Waals surface area contributed by atoms with Crippen LogP contribution in [0.4, 0.5) is 11.4 Å². The predicted octanol–water partition coefficient (Wildman–Crippen LogP) is 3.27. The van der Waals surface area contributed by atoms with Crippen molar-refractivity contribution < 1.29 is 23.9 Å². The Bertz CT molecular complexity index is 1090. The van der Waals surface area contributed by atoms with Crippen molar-refractivity contribution >= 4 is 29.1 Å². The van der Waals surface area contributed by atoms with Crippen LogP contribution < -0.4 is 19.7 Å². The minimum Gasteiger partial charge on any atom is -0.497 e. The van der Waals surface area contributed by atoms with E-state index in [1.807, 2.05) is 0 Å². The number of nitrogens with zero attached hydrogens (tertiary/aromatic N) is 1. The number of hydrogen-bond donors (Lipinski definition) is 1. The number of allylic oxidation sites excluding steroid dienone is 2. The van der Waals surface area contributed by atoms with Gasteiger partial charge >= 0.3 is 0 Å². The lowest BCUT2D eigenvalue weighted by molar-refractivity contribution is -0.123. The molecule has 1 aliphatic heterocycles. The minimum absolute atomic E-state index is 0.144. The molecule has 1 N–H and O–H groups in total. The van der Waals surface area contributed by atoms with Crippen molar-refractivity contribution in [3.05, 3.63) is 60.2 Å². The number of hydrogen-bond acceptors (Lipinski definition) is 5. The lowest BCUT2D eigenvalue weighted by Crippen LogP contribution is -2.33. The molecule has 0 unspecified atom stereocenters. The van der Waals surface area contributed by atoms with Crippen LogP contribution in [0.5, 0.6) is 11.5 Å². The van der Waals surface area contributed by atoms with E-state index < -0.39 is 0 Å². The predicted molar refractivity (Wildman–Crippen MR) is 114 cm³/mol. The van der Waals surface area contributed by atoms with E-state index in [-0.39, 0.29) is 41.4 Å². The van der Waals surface area contributed by atoms with E-state index in [9.17, 15) is 14.4 Å². The summed E-state index contributed by atoms with van der Waals surface area (Å²) in [6, 6.07) is 11.7. The van der Waals surface area contributed by atoms with Crippen molar-refractivity contribution in [3.63, 3.8) is 0 Å². The number of amides is 3. The van der Waals surface area contributed by atoms with Gasteiger partial charge in [-0.05, 0) is 48.6 Å². The number of carbonyl (C=O) groups excluding carboxylic acids is 3. The smallest absolute Gasteiger partial charge is 0.255 e. The Kier molecular flexibility index (Phi) is 4.54. The first kappa shape index (κ1) is 19.4. The Morgan fingerprint density at radius 2 is 1.68 bits per heavy atom. The normalized spacial score (nSPS) is 25.7. The summed E-state index contributed by atoms with van der Waals surface area (Å²) in [5.41, 5.74) is 1.26. The zero-order valence-electron chi connectivity index (χ0n) is 17.2. The third kappa shape index (κ3) is 3.00. The molecule has 2 aliphatic carbocycles. The zero-order chi connectivity index (χ0) is 21.7. The van der Waals surface area contributed by atoms with E-state index >= 15 is 0 Å². The highest BCUT2D eigenvalue weighted by Gasteiger charge is 2.59. The average Bonchev–Trinajstić information content (AvgIpc) is 3.47. The molecule has 1 saturated heterocycles. The second-order valence-corrected chi connectivity index (χ2v) is 8.08. The maximum atomic E-state index is 13.0. The number of anilines is 2. The number of imide groups is 1. The topological polar surface area (TPSA) is 84.9 Å². The van der Waals surface area contributed by atoms with Gasteiger partial charge in [-0.15, -0.1) is 0 Å². The van der Waals surface area contributed by atoms with E-state index in [1.54, 1.807) is 49.6 Å². The monoisotopic (exact) mass is 418 g/mol. The van der Waals surface area contributed by atoms with Gasteiger partial charge in [0.15, 0.2) is 0 Å². The molecule has 1 saturated carbocycles. The van der Waals surface area contributed by atoms with Gasteiger partial charge in [0, 0.05) is 11.6 Å². The molecule has 1 heterocycles. The Labute approximate surface area is 179 Å². The van der Waals surface area contributed by atoms with Crippen molar-refractivity contribution in [2.45, 2.75) is 6.42 Å². The highest BCUT2D eigenvalue weighted by atomic mass is 16.5. The van der Waals surface area contributed by atoms with Crippen molar-refractivity contribution in [2.24, 2.45) is 23.7 Å². The molecule has 0 spiro atoms. The lowest BCUT2D eigenvalue weighted by atomic mass is 9.85. The quantitative estimate of drug-likeness (QED) is 0.595. The number of carbonyl (C=O) groups is 3. The molecule has 7 heteroatoms. The second-order valence-electron chi connectivity index (χ2n) is 8.08. The molecule has 31 heavy (non-hydrogen) atoms. The largest absolute Gasteiger partial charge is 0.497 e. The van der Waals surface area contributed by atoms with Gasteiger partial charge in [0.2, 0.25) is 11.8 Å². The number of fused-ring (bicyclic) bond motifs is 5. The van der Waals surface area contributed by atoms with Crippen LogP contribution in [0.3, 0.4) is 0 Å². The number of benzene rings is 2. The minimum atomic E-state index is -0.369. The molecule has 2 bridgehead atoms. The molecule has 2 aromatic rings. The molecule has 0 radical (unpaired) electrons. The van der Waals surface area contributed by atoms with Crippen LogP contribution in [0.2, 0.25) is 0 Å². The third-order valence-electron chi connectivity index (χ3n) is 6.49. The van der Waals surface area contributed by atoms with Crippen molar-refractivity contribution in [1.29, 1.82) is 0 Å². The summed E-state index contributed by atoms with van der Waals surface area (Å²) in [6.07, 6.45) is 5.01. The van der Waals surface area contributed by atoms with Gasteiger partial charge in [-0.3, -0.25) is 14.4 Å². The van der Waals surface area contributed by atoms with Crippen LogP contribution in [0.15, 0.2) is 54.6 Å². The summed E-state index contributed by atoms with van der Waals surface area (Å²) in [6.45, 7) is 0. The van der Waals surface area contributed by atoms with Crippen LogP contribution >= 0.6 is 0 Å². The fraction of sp³-hybridized carbons (Fsp3) is 0.292. The summed E-state index contributed by atoms with van der Waals surface area (Å²) < 4.78 is 10.5. The number of methoxy groups -OCH3 is 2. The molecule has 2 aromatic carbocycles. The van der Waals surface area contributed by atoms with Crippen LogP contribution in [0.1, 0.15) is 16.8 Å². The molecule has 3 amide bonds. The zero-order valence-corrected chi connectivity index (χ0v) is 17.2. The first-order valence-electron chi connectivity index (χ1n) is 10.2. The molecular formula is C24H22N2O5. The summed E-state index contributed by atoms with van der Waals surface area (Å²) >= 11 is 0. The molecule has 5 rings (SSSR count). The number of rotatable bonds is 5. The molecule has 2 fully saturated rings. The maximum absolute atomic E-state index is 13.0. The Hall–Kier alpha value is -3.61. The highest BCUT2D eigenvalue weighted by molar-refractivity contribution is 6.23. The van der Waals surface area contributed by atoms with Crippen LogP contribution in [-0.4, -0.2) is 31.9 Å². The van der Waals surface area contributed by atoms with Gasteiger partial charge in [0.25, 0.3) is 5.91 Å². The fourth-order valence-electron chi connectivity index (χ4n) is 5.04. The standard InChI is InChI=1S/C24H22N2O5/c1-30-17-8-9-18(19(12-17)31-2)25-22(27)15-4-3-5-16(11-15)26-23(28)20-13-6-7-14(10-13)21(20)24(26)29/h3-9,11-14,20-21H,10H2,1-2H3,(H,25,27)/t13-,14-,20+,21+/m0/s1. The second kappa shape index (κ2) is 7.27. The van der Waals surface area contributed by atoms with Gasteiger partial charge < -0.3 is 14.8 Å². The summed E-state index contributed by atoms with van der Waals surface area (Å²) in [5.74, 6) is 0.110. The molecule has 3 aliphatic rings. The van der Waals surface area contributed by atoms with Gasteiger partial charge in [0.1, 0.15) is 11.5 Å². The van der Waals surface area contributed by atoms with E-state index in [4.69, 9.17) is 9.47 Å². The fourth-order valence-corrected chi connectivity index (χ4v) is 5.04. The Balaban J connectivity index is 1.39. The van der Waals surface area contributed by atoms with Crippen molar-refractivity contribution in [3.8, 4) is 11.5 Å². The molecule has 158 valence electrons. The van der Waals surface area contributed by atoms with E-state index in [2.05, 4.69) is 17.5 Å². The summed E-state index contributed by atoms with van der Waals surface area (Å²) in [7, 11) is 3.06. The summed E-state index contributed by atoms with van der Waals surface area (Å²) in [4.78, 5) is 40.2. The molecule has 4 atom stereocenters. The molecule has 0 aromatic heterocycles. The lowest BCUT2D eigenvalue weighted by Gasteiger charge is -2.18. The van der Waals surface area contributed by atoms with Crippen molar-refractivity contribution in [1.82, 2.24) is 0 Å². The highest BCUT2D eigenvalue weighted by Crippen LogP contribution is 2.53. The van der Waals surface area contributed by atoms with Crippen LogP contribution in [-0.2, 0) is 9.59 Å². The maximum Gasteiger partial charge on any atom is 0.255 e. The molecule has 7 nitrogen and oxygen atoms in total. The van der Waals surface area contributed by atoms with Crippen LogP contribution in [0, 0.1) is 23.7 Å². The third-order valence-corrected chi connectivity index (χ3v) is 6.49. The molecular weight excluding hydrogens is 396 g/mol. The SMILES string of the molecule is COc1ccc(NC(=O)c2cccc(N3C(=O)[C@H]4[C@H](C3=O)[C@H]3C=C[C@H]4C3)c2)c(OC)c1. The van der Waals surface area contributed by atoms with Crippen molar-refractivity contribution in [2.75, 3.05) is 24.4 Å². The van der Waals surface area contributed by atoms with E-state index in [1.165, 1.54) is 12.0 Å². The van der Waals surface area contributed by atoms with Gasteiger partial charge in [-0.2, -0.15) is 0 Å². The van der Waals surface area contributed by atoms with Gasteiger partial charge in [-0.1, -0.05) is 18.2 Å². The van der Waals surface area contributed by atoms with Crippen LogP contribution in [0.25, 0.3) is 0 Å². The van der Waals surface area contributed by atoms with E-state index in [0.717, 1.165) is 6.42 Å². The Morgan fingerprint density at radius 3 is 2.32 bits per heavy atom. The first-order chi connectivity index (χ1) is 15.0. The average molecular weight is 418 g/mol. The Morgan fingerprint density at radius 1 is 0.968 bits per heavy atom. The number of nitrogens with one attached hydrogen (secondary N) is 1. The number of ether oxygens (including phenoxy) is 2.